The highest BCUT2D eigenvalue weighted by molar-refractivity contribution is 5.75. The monoisotopic (exact) mass is 127 g/mol. The van der Waals surface area contributed by atoms with Crippen LogP contribution in [0.5, 0.6) is 0 Å². The third-order valence-corrected chi connectivity index (χ3v) is 2.33. The molecule has 0 radical (unpaired) electrons. The van der Waals surface area contributed by atoms with Crippen molar-refractivity contribution in [2.24, 2.45) is 5.92 Å². The lowest BCUT2D eigenvalue weighted by atomic mass is 9.83. The lowest BCUT2D eigenvalue weighted by molar-refractivity contribution is -0.139. The van der Waals surface area contributed by atoms with E-state index < -0.39 is 5.97 Å². The largest absolute Gasteiger partial charge is 0.480 e. The van der Waals surface area contributed by atoms with Gasteiger partial charge in [0.2, 0.25) is 0 Å². The van der Waals surface area contributed by atoms with Crippen molar-refractivity contribution in [1.82, 2.24) is 5.32 Å². The van der Waals surface area contributed by atoms with Gasteiger partial charge in [0.25, 0.3) is 0 Å². The van der Waals surface area contributed by atoms with Crippen LogP contribution in [0.3, 0.4) is 0 Å². The van der Waals surface area contributed by atoms with Crippen LogP contribution in [0, 0.1) is 5.92 Å². The van der Waals surface area contributed by atoms with E-state index >= 15 is 0 Å². The Morgan fingerprint density at radius 1 is 1.56 bits per heavy atom. The van der Waals surface area contributed by atoms with Crippen molar-refractivity contribution < 1.29 is 9.90 Å². The highest BCUT2D eigenvalue weighted by Gasteiger charge is 2.47. The van der Waals surface area contributed by atoms with Gasteiger partial charge in [-0.2, -0.15) is 0 Å². The summed E-state index contributed by atoms with van der Waals surface area (Å²) in [5, 5.41) is 11.6. The number of carboxylic acids is 1. The molecule has 1 atom stereocenters. The molecule has 3 fully saturated rings. The number of fused-ring (bicyclic) bond motifs is 1. The standard InChI is InChI=1S/C6H9NO2/c8-6(9)5-3-1-4(2-3)7-5/h3-5,7H,1-2H2,(H,8,9)/t3?,4?,5-/m0/s1. The molecule has 2 bridgehead atoms. The maximum Gasteiger partial charge on any atom is 0.320 e. The zero-order valence-corrected chi connectivity index (χ0v) is 5.00. The molecule has 3 rings (SSSR count). The fourth-order valence-corrected chi connectivity index (χ4v) is 1.73. The van der Waals surface area contributed by atoms with Crippen molar-refractivity contribution in [1.29, 1.82) is 0 Å². The van der Waals surface area contributed by atoms with Gasteiger partial charge in [-0.1, -0.05) is 0 Å². The summed E-state index contributed by atoms with van der Waals surface area (Å²) in [6.45, 7) is 0. The summed E-state index contributed by atoms with van der Waals surface area (Å²) < 4.78 is 0. The molecule has 2 aliphatic heterocycles. The van der Waals surface area contributed by atoms with Gasteiger partial charge in [-0.25, -0.2) is 0 Å². The van der Waals surface area contributed by atoms with Crippen molar-refractivity contribution in [3.05, 3.63) is 0 Å². The molecule has 0 amide bonds. The normalized spacial score (nSPS) is 46.4. The number of hydrogen-bond donors (Lipinski definition) is 2. The van der Waals surface area contributed by atoms with Crippen LogP contribution in [0.4, 0.5) is 0 Å². The van der Waals surface area contributed by atoms with Crippen LogP contribution < -0.4 is 5.32 Å². The van der Waals surface area contributed by atoms with Crippen molar-refractivity contribution in [2.45, 2.75) is 24.9 Å². The van der Waals surface area contributed by atoms with Gasteiger partial charge in [0.15, 0.2) is 0 Å². The Morgan fingerprint density at radius 2 is 2.22 bits per heavy atom. The summed E-state index contributed by atoms with van der Waals surface area (Å²) in [7, 11) is 0. The Kier molecular flexibility index (Phi) is 0.858. The molecule has 9 heavy (non-hydrogen) atoms. The molecule has 2 N–H and O–H groups in total. The number of carboxylic acid groups (broad SMARTS) is 1. The topological polar surface area (TPSA) is 49.3 Å². The van der Waals surface area contributed by atoms with Crippen molar-refractivity contribution in [3.63, 3.8) is 0 Å². The molecule has 0 aromatic rings. The Balaban J connectivity index is 2.08. The summed E-state index contributed by atoms with van der Waals surface area (Å²) in [6.07, 6.45) is 2.16. The maximum absolute atomic E-state index is 10.4. The van der Waals surface area contributed by atoms with Crippen molar-refractivity contribution in [3.8, 4) is 0 Å². The minimum atomic E-state index is -0.681. The molecule has 0 spiro atoms. The predicted octanol–water partition coefficient (Wildman–Crippen LogP) is -0.179. The Morgan fingerprint density at radius 3 is 2.44 bits per heavy atom. The molecule has 1 saturated carbocycles. The number of hydrogen-bond acceptors (Lipinski definition) is 2. The van der Waals surface area contributed by atoms with E-state index in [1.54, 1.807) is 0 Å². The zero-order valence-electron chi connectivity index (χ0n) is 5.00. The van der Waals surface area contributed by atoms with Gasteiger partial charge in [0.1, 0.15) is 6.04 Å². The van der Waals surface area contributed by atoms with Crippen LogP contribution in [-0.2, 0) is 4.79 Å². The summed E-state index contributed by atoms with van der Waals surface area (Å²) in [6, 6.07) is 0.297. The number of aliphatic carboxylic acids is 1. The maximum atomic E-state index is 10.4. The van der Waals surface area contributed by atoms with E-state index in [4.69, 9.17) is 5.11 Å². The predicted molar refractivity (Wildman–Crippen MR) is 31.1 cm³/mol. The minimum Gasteiger partial charge on any atom is -0.480 e. The Bertz CT molecular complexity index is 151. The molecule has 2 heterocycles. The van der Waals surface area contributed by atoms with Gasteiger partial charge in [0.05, 0.1) is 0 Å². The summed E-state index contributed by atoms with van der Waals surface area (Å²) in [5.74, 6) is -0.243. The third-order valence-electron chi connectivity index (χ3n) is 2.33. The SMILES string of the molecule is O=C(O)[C@H]1NC2CC1C2. The molecule has 1 aliphatic carbocycles. The van der Waals surface area contributed by atoms with Crippen molar-refractivity contribution in [2.75, 3.05) is 0 Å². The number of rotatable bonds is 1. The first-order valence-corrected chi connectivity index (χ1v) is 3.26. The fourth-order valence-electron chi connectivity index (χ4n) is 1.73. The molecular weight excluding hydrogens is 118 g/mol. The van der Waals surface area contributed by atoms with Crippen molar-refractivity contribution >= 4 is 5.97 Å². The van der Waals surface area contributed by atoms with Gasteiger partial charge in [-0.15, -0.1) is 0 Å². The van der Waals surface area contributed by atoms with E-state index in [1.165, 1.54) is 0 Å². The second-order valence-corrected chi connectivity index (χ2v) is 2.91. The molecule has 3 nitrogen and oxygen atoms in total. The van der Waals surface area contributed by atoms with E-state index in [-0.39, 0.29) is 6.04 Å². The minimum absolute atomic E-state index is 0.227. The molecule has 0 aromatic heterocycles. The smallest absolute Gasteiger partial charge is 0.320 e. The van der Waals surface area contributed by atoms with E-state index in [0.29, 0.717) is 12.0 Å². The van der Waals surface area contributed by atoms with Gasteiger partial charge >= 0.3 is 5.97 Å². The molecule has 50 valence electrons. The summed E-state index contributed by atoms with van der Waals surface area (Å²) >= 11 is 0. The van der Waals surface area contributed by atoms with Crippen LogP contribution in [0.1, 0.15) is 12.8 Å². The molecule has 0 aromatic carbocycles. The average molecular weight is 127 g/mol. The van der Waals surface area contributed by atoms with Gasteiger partial charge < -0.3 is 10.4 Å². The summed E-state index contributed by atoms with van der Waals surface area (Å²) in [5.41, 5.74) is 0. The third kappa shape index (κ3) is 0.580. The van der Waals surface area contributed by atoms with Crippen LogP contribution in [-0.4, -0.2) is 23.2 Å². The van der Waals surface area contributed by atoms with Gasteiger partial charge in [-0.05, 0) is 18.8 Å². The van der Waals surface area contributed by atoms with Crippen LogP contribution in [0.25, 0.3) is 0 Å². The van der Waals surface area contributed by atoms with Gasteiger partial charge in [-0.3, -0.25) is 4.79 Å². The molecule has 3 aliphatic rings. The number of carbonyl (C=O) groups is 1. The number of nitrogens with one attached hydrogen (secondary N) is 1. The van der Waals surface area contributed by atoms with Crippen LogP contribution in [0.2, 0.25) is 0 Å². The first kappa shape index (κ1) is 5.23. The Hall–Kier alpha value is -0.570. The molecular formula is C6H9NO2. The zero-order chi connectivity index (χ0) is 6.43. The molecule has 3 heteroatoms. The second-order valence-electron chi connectivity index (χ2n) is 2.91. The average Bonchev–Trinajstić information content (AvgIpc) is 2.12. The summed E-state index contributed by atoms with van der Waals surface area (Å²) in [4.78, 5) is 10.4. The van der Waals surface area contributed by atoms with E-state index in [1.807, 2.05) is 0 Å². The lowest BCUT2D eigenvalue weighted by Gasteiger charge is -2.20. The van der Waals surface area contributed by atoms with E-state index in [2.05, 4.69) is 5.32 Å². The fraction of sp³-hybridized carbons (Fsp3) is 0.833. The van der Waals surface area contributed by atoms with Crippen LogP contribution in [0.15, 0.2) is 0 Å². The molecule has 2 saturated heterocycles. The first-order chi connectivity index (χ1) is 4.27. The second kappa shape index (κ2) is 1.48. The quantitative estimate of drug-likeness (QED) is 0.513. The van der Waals surface area contributed by atoms with E-state index in [0.717, 1.165) is 12.8 Å². The lowest BCUT2D eigenvalue weighted by Crippen LogP contribution is -2.30. The highest BCUT2D eigenvalue weighted by Crippen LogP contribution is 2.37. The highest BCUT2D eigenvalue weighted by atomic mass is 16.4. The van der Waals surface area contributed by atoms with Gasteiger partial charge in [0, 0.05) is 6.04 Å². The van der Waals surface area contributed by atoms with Crippen LogP contribution >= 0.6 is 0 Å². The van der Waals surface area contributed by atoms with E-state index in [9.17, 15) is 4.79 Å². The molecule has 0 unspecified atom stereocenters. The first-order valence-electron chi connectivity index (χ1n) is 3.26. The Labute approximate surface area is 53.1 Å².